The fourth-order valence-electron chi connectivity index (χ4n) is 3.67. The van der Waals surface area contributed by atoms with Gasteiger partial charge in [-0.05, 0) is 12.8 Å². The summed E-state index contributed by atoms with van der Waals surface area (Å²) in [6.07, 6.45) is 1.35. The van der Waals surface area contributed by atoms with Crippen molar-refractivity contribution in [2.24, 2.45) is 5.92 Å². The zero-order valence-electron chi connectivity index (χ0n) is 14.7. The third-order valence-electron chi connectivity index (χ3n) is 5.17. The molecule has 25 heavy (non-hydrogen) atoms. The van der Waals surface area contributed by atoms with Gasteiger partial charge in [0.1, 0.15) is 4.75 Å². The largest absolute Gasteiger partial charge is 0.349 e. The summed E-state index contributed by atoms with van der Waals surface area (Å²) in [5.41, 5.74) is 0.725. The molecule has 0 bridgehead atoms. The minimum Gasteiger partial charge on any atom is -0.349 e. The van der Waals surface area contributed by atoms with Crippen molar-refractivity contribution in [1.29, 1.82) is 0 Å². The number of likely N-dealkylation sites (tertiary alicyclic amines) is 1. The number of amides is 2. The molecule has 2 aliphatic heterocycles. The predicted molar refractivity (Wildman–Crippen MR) is 95.1 cm³/mol. The molecule has 2 fully saturated rings. The van der Waals surface area contributed by atoms with Crippen molar-refractivity contribution in [1.82, 2.24) is 14.8 Å². The number of thiazole rings is 1. The molecule has 2 saturated heterocycles. The molecule has 2 aliphatic rings. The number of aromatic nitrogens is 1. The van der Waals surface area contributed by atoms with E-state index in [2.05, 4.69) is 4.98 Å². The quantitative estimate of drug-likeness (QED) is 0.746. The molecule has 1 atom stereocenters. The first-order chi connectivity index (χ1) is 11.7. The van der Waals surface area contributed by atoms with Gasteiger partial charge in [-0.1, -0.05) is 6.92 Å². The summed E-state index contributed by atoms with van der Waals surface area (Å²) in [5.74, 6) is -0.829. The molecule has 2 amide bonds. The van der Waals surface area contributed by atoms with Gasteiger partial charge < -0.3 is 9.80 Å². The van der Waals surface area contributed by atoms with Crippen LogP contribution in [0.1, 0.15) is 24.0 Å². The van der Waals surface area contributed by atoms with Crippen LogP contribution in [0, 0.1) is 5.92 Å². The minimum atomic E-state index is -3.37. The zero-order chi connectivity index (χ0) is 18.4. The van der Waals surface area contributed by atoms with Gasteiger partial charge in [0, 0.05) is 32.6 Å². The SMILES string of the molecule is CCc1nc(CC(=O)N2CC3(C2)C(C(=O)N(C)C)CCS3(=O)=O)cs1. The standard InChI is InChI=1S/C16H23N3O4S2/c1-4-13-17-11(8-24-13)7-14(20)19-9-16(10-19)12(15(21)18(2)3)5-6-25(16,22)23/h8,12H,4-7,9-10H2,1-3H3. The Balaban J connectivity index is 1.71. The number of hydrogen-bond donors (Lipinski definition) is 0. The van der Waals surface area contributed by atoms with Crippen LogP contribution in [-0.2, 0) is 32.3 Å². The van der Waals surface area contributed by atoms with Crippen LogP contribution in [0.4, 0.5) is 0 Å². The Morgan fingerprint density at radius 1 is 1.40 bits per heavy atom. The van der Waals surface area contributed by atoms with Crippen LogP contribution >= 0.6 is 11.3 Å². The Hall–Kier alpha value is -1.48. The van der Waals surface area contributed by atoms with Crippen LogP contribution in [0.2, 0.25) is 0 Å². The summed E-state index contributed by atoms with van der Waals surface area (Å²) in [4.78, 5) is 32.2. The van der Waals surface area contributed by atoms with E-state index in [1.807, 2.05) is 12.3 Å². The maximum absolute atomic E-state index is 12.6. The highest BCUT2D eigenvalue weighted by atomic mass is 32.2. The minimum absolute atomic E-state index is 0.0191. The summed E-state index contributed by atoms with van der Waals surface area (Å²) in [6, 6.07) is 0. The van der Waals surface area contributed by atoms with Crippen LogP contribution in [0.25, 0.3) is 0 Å². The van der Waals surface area contributed by atoms with Crippen LogP contribution in [-0.4, -0.2) is 72.7 Å². The van der Waals surface area contributed by atoms with E-state index in [-0.39, 0.29) is 37.1 Å². The highest BCUT2D eigenvalue weighted by Gasteiger charge is 2.64. The lowest BCUT2D eigenvalue weighted by atomic mass is 9.82. The number of carbonyl (C=O) groups excluding carboxylic acids is 2. The highest BCUT2D eigenvalue weighted by Crippen LogP contribution is 2.45. The second kappa shape index (κ2) is 6.35. The van der Waals surface area contributed by atoms with E-state index in [9.17, 15) is 18.0 Å². The van der Waals surface area contributed by atoms with Gasteiger partial charge in [0.15, 0.2) is 9.84 Å². The van der Waals surface area contributed by atoms with Crippen molar-refractivity contribution in [2.75, 3.05) is 32.9 Å². The van der Waals surface area contributed by atoms with E-state index < -0.39 is 20.5 Å². The zero-order valence-corrected chi connectivity index (χ0v) is 16.3. The molecule has 1 unspecified atom stereocenters. The molecule has 9 heteroatoms. The summed E-state index contributed by atoms with van der Waals surface area (Å²) in [5, 5.41) is 2.86. The maximum atomic E-state index is 12.6. The third kappa shape index (κ3) is 2.97. The van der Waals surface area contributed by atoms with Crippen molar-refractivity contribution in [2.45, 2.75) is 30.9 Å². The molecule has 0 aliphatic carbocycles. The lowest BCUT2D eigenvalue weighted by Crippen LogP contribution is -2.70. The van der Waals surface area contributed by atoms with Gasteiger partial charge in [0.2, 0.25) is 11.8 Å². The van der Waals surface area contributed by atoms with Gasteiger partial charge in [-0.2, -0.15) is 0 Å². The molecule has 0 aromatic carbocycles. The van der Waals surface area contributed by atoms with Crippen LogP contribution in [0.3, 0.4) is 0 Å². The van der Waals surface area contributed by atoms with E-state index in [1.54, 1.807) is 19.0 Å². The number of nitrogens with zero attached hydrogens (tertiary/aromatic N) is 3. The first kappa shape index (κ1) is 18.3. The van der Waals surface area contributed by atoms with Gasteiger partial charge in [-0.15, -0.1) is 11.3 Å². The lowest BCUT2D eigenvalue weighted by Gasteiger charge is -2.49. The van der Waals surface area contributed by atoms with Gasteiger partial charge in [-0.3, -0.25) is 9.59 Å². The normalized spacial score (nSPS) is 23.5. The number of hydrogen-bond acceptors (Lipinski definition) is 6. The van der Waals surface area contributed by atoms with Gasteiger partial charge >= 0.3 is 0 Å². The predicted octanol–water partition coefficient (Wildman–Crippen LogP) is 0.352. The first-order valence-electron chi connectivity index (χ1n) is 8.34. The molecule has 0 N–H and O–H groups in total. The lowest BCUT2D eigenvalue weighted by molar-refractivity contribution is -0.143. The Morgan fingerprint density at radius 3 is 2.64 bits per heavy atom. The third-order valence-corrected chi connectivity index (χ3v) is 8.77. The van der Waals surface area contributed by atoms with Crippen LogP contribution < -0.4 is 0 Å². The van der Waals surface area contributed by atoms with Gasteiger partial charge in [0.25, 0.3) is 0 Å². The Morgan fingerprint density at radius 2 is 2.08 bits per heavy atom. The Kier molecular flexibility index (Phi) is 4.65. The first-order valence-corrected chi connectivity index (χ1v) is 10.9. The average molecular weight is 386 g/mol. The molecule has 1 aromatic rings. The molecule has 138 valence electrons. The number of aryl methyl sites for hydroxylation is 1. The van der Waals surface area contributed by atoms with Crippen molar-refractivity contribution >= 4 is 33.0 Å². The number of sulfone groups is 1. The Labute approximate surface area is 151 Å². The molecule has 1 spiro atoms. The van der Waals surface area contributed by atoms with E-state index in [4.69, 9.17) is 0 Å². The molecule has 3 heterocycles. The average Bonchev–Trinajstić information content (AvgIpc) is 3.05. The highest BCUT2D eigenvalue weighted by molar-refractivity contribution is 7.93. The molecule has 3 rings (SSSR count). The fourth-order valence-corrected chi connectivity index (χ4v) is 6.72. The molecular formula is C16H23N3O4S2. The van der Waals surface area contributed by atoms with E-state index in [0.717, 1.165) is 17.1 Å². The van der Waals surface area contributed by atoms with Gasteiger partial charge in [-0.25, -0.2) is 13.4 Å². The summed E-state index contributed by atoms with van der Waals surface area (Å²) in [7, 11) is -0.102. The van der Waals surface area contributed by atoms with Crippen LogP contribution in [0.15, 0.2) is 5.38 Å². The Bertz CT molecular complexity index is 794. The van der Waals surface area contributed by atoms with E-state index in [1.165, 1.54) is 16.2 Å². The van der Waals surface area contributed by atoms with E-state index >= 15 is 0 Å². The monoisotopic (exact) mass is 385 g/mol. The smallest absolute Gasteiger partial charge is 0.228 e. The maximum Gasteiger partial charge on any atom is 0.228 e. The summed E-state index contributed by atoms with van der Waals surface area (Å²) < 4.78 is 24.0. The molecule has 0 radical (unpaired) electrons. The van der Waals surface area contributed by atoms with Gasteiger partial charge in [0.05, 0.1) is 28.8 Å². The molecule has 7 nitrogen and oxygen atoms in total. The fraction of sp³-hybridized carbons (Fsp3) is 0.688. The topological polar surface area (TPSA) is 87.7 Å². The van der Waals surface area contributed by atoms with Crippen molar-refractivity contribution in [3.05, 3.63) is 16.1 Å². The number of carbonyl (C=O) groups is 2. The van der Waals surface area contributed by atoms with Crippen molar-refractivity contribution in [3.8, 4) is 0 Å². The summed E-state index contributed by atoms with van der Waals surface area (Å²) in [6.45, 7) is 2.24. The number of rotatable bonds is 4. The second-order valence-electron chi connectivity index (χ2n) is 6.97. The molecule has 1 aromatic heterocycles. The van der Waals surface area contributed by atoms with Crippen molar-refractivity contribution in [3.63, 3.8) is 0 Å². The molecular weight excluding hydrogens is 362 g/mol. The van der Waals surface area contributed by atoms with E-state index in [0.29, 0.717) is 6.42 Å². The molecule has 0 saturated carbocycles. The van der Waals surface area contributed by atoms with Crippen LogP contribution in [0.5, 0.6) is 0 Å². The second-order valence-corrected chi connectivity index (χ2v) is 10.4. The van der Waals surface area contributed by atoms with Crippen molar-refractivity contribution < 1.29 is 18.0 Å². The summed E-state index contributed by atoms with van der Waals surface area (Å²) >= 11 is 1.53.